The number of β-amino-alcohol motifs (C(OH)–C–C–N with tert-alkyl or cyclic N) is 1. The van der Waals surface area contributed by atoms with Crippen molar-refractivity contribution in [1.82, 2.24) is 50.5 Å². The van der Waals surface area contributed by atoms with Gasteiger partial charge in [0.1, 0.15) is 17.8 Å². The number of rotatable bonds is 9. The second-order valence-corrected chi connectivity index (χ2v) is 20.9. The Hall–Kier alpha value is -6.57. The van der Waals surface area contributed by atoms with Crippen molar-refractivity contribution in [1.29, 1.82) is 0 Å². The SMILES string of the molecule is C#Cc1ccc(CNC(=O)[C@@H]2C[C@@H](O)CN2C(=O)[C@@H](NC(=O)N2CC3(CC(N4CCC(c5cnc(N6CCc7[nH]c8nnc(-c9ccccc9O)cc8c7[C@H]6C)nc5)CC4)C3)C2)C(C)(C)C)cc1. The van der Waals surface area contributed by atoms with Crippen LogP contribution in [0.2, 0.25) is 0 Å². The third-order valence-electron chi connectivity index (χ3n) is 15.3. The summed E-state index contributed by atoms with van der Waals surface area (Å²) < 4.78 is 0. The van der Waals surface area contributed by atoms with Crippen LogP contribution in [0.3, 0.4) is 0 Å². The number of nitrogens with zero attached hydrogens (tertiary/aromatic N) is 8. The molecule has 1 saturated carbocycles. The maximum absolute atomic E-state index is 14.2. The van der Waals surface area contributed by atoms with E-state index in [4.69, 9.17) is 16.4 Å². The fraction of sp³-hybridized carbons (Fsp3) is 0.481. The van der Waals surface area contributed by atoms with Gasteiger partial charge in [-0.2, -0.15) is 0 Å². The Balaban J connectivity index is 0.693. The van der Waals surface area contributed by atoms with Crippen LogP contribution in [-0.4, -0.2) is 131 Å². The number of terminal acetylenes is 1. The quantitative estimate of drug-likeness (QED) is 0.121. The molecule has 1 aliphatic carbocycles. The van der Waals surface area contributed by atoms with Gasteiger partial charge in [-0.05, 0) is 98.5 Å². The molecule has 3 aromatic heterocycles. The number of hydrogen-bond donors (Lipinski definition) is 5. The van der Waals surface area contributed by atoms with Crippen LogP contribution in [0.5, 0.6) is 5.75 Å². The molecule has 3 saturated heterocycles. The first-order valence-corrected chi connectivity index (χ1v) is 24.0. The zero-order chi connectivity index (χ0) is 47.5. The molecule has 0 unspecified atom stereocenters. The summed E-state index contributed by atoms with van der Waals surface area (Å²) in [5.74, 6) is 3.14. The number of phenolic OH excluding ortho intramolecular Hbond substituents is 1. The monoisotopic (exact) mass is 919 g/mol. The highest BCUT2D eigenvalue weighted by Crippen LogP contribution is 2.51. The number of aliphatic hydroxyl groups excluding tert-OH is 1. The Morgan fingerprint density at radius 1 is 1.00 bits per heavy atom. The van der Waals surface area contributed by atoms with Crippen molar-refractivity contribution in [2.24, 2.45) is 10.8 Å². The van der Waals surface area contributed by atoms with E-state index in [-0.39, 0.29) is 54.6 Å². The maximum atomic E-state index is 14.2. The molecule has 10 rings (SSSR count). The summed E-state index contributed by atoms with van der Waals surface area (Å²) >= 11 is 0. The molecule has 4 aliphatic heterocycles. The number of hydrogen-bond acceptors (Lipinski definition) is 11. The highest BCUT2D eigenvalue weighted by atomic mass is 16.3. The minimum atomic E-state index is -0.884. The summed E-state index contributed by atoms with van der Waals surface area (Å²) in [6, 6.07) is 15.0. The van der Waals surface area contributed by atoms with E-state index in [0.29, 0.717) is 42.3 Å². The molecular weight excluding hydrogens is 859 g/mol. The third kappa shape index (κ3) is 8.62. The van der Waals surface area contributed by atoms with E-state index in [1.54, 1.807) is 17.0 Å². The van der Waals surface area contributed by atoms with Crippen LogP contribution in [0.4, 0.5) is 10.7 Å². The van der Waals surface area contributed by atoms with Crippen LogP contribution < -0.4 is 15.5 Å². The first-order valence-electron chi connectivity index (χ1n) is 24.0. The Morgan fingerprint density at radius 2 is 1.72 bits per heavy atom. The van der Waals surface area contributed by atoms with Gasteiger partial charge < -0.3 is 45.4 Å². The number of aromatic amines is 1. The van der Waals surface area contributed by atoms with Gasteiger partial charge in [-0.1, -0.05) is 51.0 Å². The fourth-order valence-corrected chi connectivity index (χ4v) is 11.4. The number of anilines is 1. The number of piperidine rings is 1. The van der Waals surface area contributed by atoms with E-state index in [1.165, 1.54) is 10.5 Å². The van der Waals surface area contributed by atoms with Crippen molar-refractivity contribution < 1.29 is 24.6 Å². The van der Waals surface area contributed by atoms with Gasteiger partial charge in [0.2, 0.25) is 17.8 Å². The number of nitrogens with one attached hydrogen (secondary N) is 3. The lowest BCUT2D eigenvalue weighted by Gasteiger charge is -2.61. The molecule has 1 spiro atoms. The number of H-pyrrole nitrogens is 1. The highest BCUT2D eigenvalue weighted by molar-refractivity contribution is 5.93. The molecule has 2 aromatic carbocycles. The van der Waals surface area contributed by atoms with E-state index in [0.717, 1.165) is 85.2 Å². The molecule has 4 amide bonds. The number of para-hydroxylation sites is 1. The predicted octanol–water partition coefficient (Wildman–Crippen LogP) is 5.27. The van der Waals surface area contributed by atoms with Crippen molar-refractivity contribution in [3.8, 4) is 29.4 Å². The zero-order valence-electron chi connectivity index (χ0n) is 39.3. The number of aromatic nitrogens is 5. The molecule has 4 atom stereocenters. The molecule has 7 heterocycles. The van der Waals surface area contributed by atoms with Gasteiger partial charge >= 0.3 is 6.03 Å². The minimum Gasteiger partial charge on any atom is -0.507 e. The molecule has 16 heteroatoms. The number of aromatic hydroxyl groups is 1. The molecule has 16 nitrogen and oxygen atoms in total. The smallest absolute Gasteiger partial charge is 0.318 e. The summed E-state index contributed by atoms with van der Waals surface area (Å²) in [6.07, 6.45) is 13.8. The standard InChI is InChI=1S/C52H61N11O5/c1-6-32-11-13-33(14-12-32)25-53-47(66)42-21-37(64)28-63(42)48(67)45(51(3,4)5)57-50(68)61-29-52(30-61)23-36(24-52)60-18-15-34(16-19-60)35-26-54-49(55-27-35)62-20-17-40-44(31(62)2)39-22-41(58-59-46(39)56-40)38-9-7-8-10-43(38)65/h1,7-14,22,26-27,31,34,36-37,42,45,64-65H,15-21,23-25,28-30H2,2-5H3,(H,53,66)(H,56,59)(H,57,68)/t31-,37-,42+,45-/m1/s1. The van der Waals surface area contributed by atoms with Crippen LogP contribution >= 0.6 is 0 Å². The topological polar surface area (TPSA) is 196 Å². The number of carbonyl (C=O) groups excluding carboxylic acids is 3. The van der Waals surface area contributed by atoms with Gasteiger partial charge in [-0.15, -0.1) is 16.6 Å². The number of phenols is 1. The van der Waals surface area contributed by atoms with Gasteiger partial charge in [0.25, 0.3) is 0 Å². The van der Waals surface area contributed by atoms with E-state index >= 15 is 0 Å². The normalized spacial score (nSPS) is 22.3. The van der Waals surface area contributed by atoms with Gasteiger partial charge in [0.15, 0.2) is 5.65 Å². The minimum absolute atomic E-state index is 0.0108. The van der Waals surface area contributed by atoms with Crippen LogP contribution in [-0.2, 0) is 22.6 Å². The lowest BCUT2D eigenvalue weighted by Crippen LogP contribution is -2.70. The van der Waals surface area contributed by atoms with Crippen LogP contribution in [0, 0.1) is 23.2 Å². The van der Waals surface area contributed by atoms with E-state index in [9.17, 15) is 24.6 Å². The largest absolute Gasteiger partial charge is 0.507 e. The van der Waals surface area contributed by atoms with E-state index < -0.39 is 23.6 Å². The maximum Gasteiger partial charge on any atom is 0.318 e. The number of carbonyl (C=O) groups is 3. The van der Waals surface area contributed by atoms with Crippen LogP contribution in [0.1, 0.15) is 99.7 Å². The Labute approximate surface area is 396 Å². The Kier molecular flexibility index (Phi) is 11.9. The van der Waals surface area contributed by atoms with E-state index in [2.05, 4.69) is 48.5 Å². The average Bonchev–Trinajstić information content (AvgIpc) is 3.90. The fourth-order valence-electron chi connectivity index (χ4n) is 11.4. The Bertz CT molecular complexity index is 2740. The third-order valence-corrected chi connectivity index (χ3v) is 15.3. The molecule has 4 fully saturated rings. The van der Waals surface area contributed by atoms with Gasteiger partial charge in [-0.3, -0.25) is 9.59 Å². The molecule has 354 valence electrons. The molecular formula is C52H61N11O5. The summed E-state index contributed by atoms with van der Waals surface area (Å²) in [4.78, 5) is 62.7. The molecule has 68 heavy (non-hydrogen) atoms. The highest BCUT2D eigenvalue weighted by Gasteiger charge is 2.56. The molecule has 5 aliphatic rings. The van der Waals surface area contributed by atoms with E-state index in [1.807, 2.05) is 75.6 Å². The first kappa shape index (κ1) is 45.2. The number of aliphatic hydroxyl groups is 1. The number of fused-ring (bicyclic) bond motifs is 3. The predicted molar refractivity (Wildman–Crippen MR) is 257 cm³/mol. The second kappa shape index (κ2) is 17.8. The number of amides is 4. The lowest BCUT2D eigenvalue weighted by molar-refractivity contribution is -0.142. The number of urea groups is 1. The number of likely N-dealkylation sites (tertiary alicyclic amines) is 3. The van der Waals surface area contributed by atoms with Crippen molar-refractivity contribution in [3.63, 3.8) is 0 Å². The number of benzene rings is 2. The second-order valence-electron chi connectivity index (χ2n) is 20.9. The summed E-state index contributed by atoms with van der Waals surface area (Å²) in [6.45, 7) is 12.3. The molecule has 5 N–H and O–H groups in total. The summed E-state index contributed by atoms with van der Waals surface area (Å²) in [7, 11) is 0. The van der Waals surface area contributed by atoms with Crippen molar-refractivity contribution >= 4 is 34.8 Å². The zero-order valence-corrected chi connectivity index (χ0v) is 39.3. The lowest BCUT2D eigenvalue weighted by atomic mass is 9.60. The summed E-state index contributed by atoms with van der Waals surface area (Å²) in [5, 5.41) is 36.9. The first-order chi connectivity index (χ1) is 32.7. The van der Waals surface area contributed by atoms with Crippen molar-refractivity contribution in [2.75, 3.05) is 44.2 Å². The van der Waals surface area contributed by atoms with Crippen molar-refractivity contribution in [2.45, 2.75) is 109 Å². The van der Waals surface area contributed by atoms with Gasteiger partial charge in [0.05, 0.1) is 17.8 Å². The average molecular weight is 920 g/mol. The van der Waals surface area contributed by atoms with Crippen molar-refractivity contribution in [3.05, 3.63) is 94.9 Å². The summed E-state index contributed by atoms with van der Waals surface area (Å²) in [5.41, 5.74) is 6.57. The molecule has 5 aromatic rings. The molecule has 0 bridgehead atoms. The van der Waals surface area contributed by atoms with Gasteiger partial charge in [-0.25, -0.2) is 14.8 Å². The van der Waals surface area contributed by atoms with Crippen LogP contribution in [0.25, 0.3) is 22.3 Å². The Morgan fingerprint density at radius 3 is 2.41 bits per heavy atom. The van der Waals surface area contributed by atoms with Gasteiger partial charge in [0, 0.05) is 97.2 Å². The molecule has 0 radical (unpaired) electrons. The van der Waals surface area contributed by atoms with Crippen LogP contribution in [0.15, 0.2) is 67.0 Å².